The molecule has 0 bridgehead atoms. The van der Waals surface area contributed by atoms with Gasteiger partial charge in [-0.25, -0.2) is 8.42 Å². The fourth-order valence-electron chi connectivity index (χ4n) is 2.63. The van der Waals surface area contributed by atoms with Gasteiger partial charge in [0.1, 0.15) is 0 Å². The molecule has 1 aliphatic heterocycles. The van der Waals surface area contributed by atoms with E-state index in [2.05, 4.69) is 0 Å². The first kappa shape index (κ1) is 13.5. The summed E-state index contributed by atoms with van der Waals surface area (Å²) in [6.45, 7) is 6.19. The maximum absolute atomic E-state index is 12.5. The third-order valence-corrected chi connectivity index (χ3v) is 5.50. The molecule has 0 unspecified atom stereocenters. The van der Waals surface area contributed by atoms with E-state index in [1.807, 2.05) is 32.9 Å². The van der Waals surface area contributed by atoms with E-state index >= 15 is 0 Å². The van der Waals surface area contributed by atoms with Gasteiger partial charge >= 0.3 is 0 Å². The molecule has 1 heterocycles. The van der Waals surface area contributed by atoms with Crippen molar-refractivity contribution in [1.29, 1.82) is 0 Å². The predicted molar refractivity (Wildman–Crippen MR) is 70.0 cm³/mol. The van der Waals surface area contributed by atoms with Gasteiger partial charge in [0, 0.05) is 13.1 Å². The maximum Gasteiger partial charge on any atom is 0.243 e. The summed E-state index contributed by atoms with van der Waals surface area (Å²) in [6, 6.07) is 3.76. The highest BCUT2D eigenvalue weighted by molar-refractivity contribution is 7.89. The lowest BCUT2D eigenvalue weighted by Gasteiger charge is -2.19. The molecule has 1 saturated heterocycles. The molecule has 0 radical (unpaired) electrons. The van der Waals surface area contributed by atoms with Crippen molar-refractivity contribution in [3.8, 4) is 0 Å². The van der Waals surface area contributed by atoms with E-state index in [9.17, 15) is 13.5 Å². The molecule has 0 aromatic heterocycles. The van der Waals surface area contributed by atoms with Gasteiger partial charge in [-0.15, -0.1) is 0 Å². The van der Waals surface area contributed by atoms with Crippen molar-refractivity contribution in [2.75, 3.05) is 13.1 Å². The summed E-state index contributed by atoms with van der Waals surface area (Å²) in [6.07, 6.45) is -0.0192. The van der Waals surface area contributed by atoms with Crippen LogP contribution < -0.4 is 0 Å². The molecule has 2 rings (SSSR count). The summed E-state index contributed by atoms with van der Waals surface area (Å²) in [4.78, 5) is 0.391. The molecule has 4 nitrogen and oxygen atoms in total. The van der Waals surface area contributed by atoms with Gasteiger partial charge in [0.25, 0.3) is 0 Å². The second-order valence-electron chi connectivity index (χ2n) is 5.03. The summed E-state index contributed by atoms with van der Waals surface area (Å²) >= 11 is 0. The Labute approximate surface area is 108 Å². The molecule has 1 fully saturated rings. The van der Waals surface area contributed by atoms with Crippen LogP contribution in [0.3, 0.4) is 0 Å². The summed E-state index contributed by atoms with van der Waals surface area (Å²) < 4.78 is 26.5. The van der Waals surface area contributed by atoms with E-state index in [0.717, 1.165) is 16.7 Å². The topological polar surface area (TPSA) is 57.6 Å². The number of hydrogen-bond acceptors (Lipinski definition) is 3. The average Bonchev–Trinajstić information content (AvgIpc) is 2.63. The van der Waals surface area contributed by atoms with Crippen LogP contribution in [-0.4, -0.2) is 37.0 Å². The lowest BCUT2D eigenvalue weighted by atomic mass is 10.1. The zero-order valence-electron chi connectivity index (χ0n) is 11.0. The van der Waals surface area contributed by atoms with E-state index in [-0.39, 0.29) is 6.54 Å². The SMILES string of the molecule is Cc1cc(C)c(S(=O)(=O)N2CC[C@@H](O)C2)c(C)c1. The summed E-state index contributed by atoms with van der Waals surface area (Å²) in [5, 5.41) is 9.49. The number of rotatable bonds is 2. The van der Waals surface area contributed by atoms with Crippen molar-refractivity contribution in [2.45, 2.75) is 38.2 Å². The van der Waals surface area contributed by atoms with Crippen molar-refractivity contribution in [3.63, 3.8) is 0 Å². The molecule has 1 aliphatic rings. The Hall–Kier alpha value is -0.910. The second kappa shape index (κ2) is 4.64. The Morgan fingerprint density at radius 2 is 1.78 bits per heavy atom. The molecular weight excluding hydrogens is 250 g/mol. The fourth-order valence-corrected chi connectivity index (χ4v) is 4.54. The maximum atomic E-state index is 12.5. The van der Waals surface area contributed by atoms with Gasteiger partial charge in [0.2, 0.25) is 10.0 Å². The monoisotopic (exact) mass is 269 g/mol. The molecule has 1 aromatic carbocycles. The van der Waals surface area contributed by atoms with E-state index in [1.165, 1.54) is 4.31 Å². The van der Waals surface area contributed by atoms with E-state index < -0.39 is 16.1 Å². The van der Waals surface area contributed by atoms with Crippen molar-refractivity contribution in [1.82, 2.24) is 4.31 Å². The standard InChI is InChI=1S/C13H19NO3S/c1-9-6-10(2)13(11(3)7-9)18(16,17)14-5-4-12(15)8-14/h6-7,12,15H,4-5,8H2,1-3H3/t12-/m1/s1. The number of benzene rings is 1. The highest BCUT2D eigenvalue weighted by Crippen LogP contribution is 2.27. The predicted octanol–water partition coefficient (Wildman–Crippen LogP) is 1.37. The number of sulfonamides is 1. The third-order valence-electron chi connectivity index (χ3n) is 3.33. The Kier molecular flexibility index (Phi) is 3.49. The van der Waals surface area contributed by atoms with Crippen LogP contribution in [0.5, 0.6) is 0 Å². The number of nitrogens with zero attached hydrogens (tertiary/aromatic N) is 1. The Balaban J connectivity index is 2.48. The van der Waals surface area contributed by atoms with Crippen LogP contribution in [0.4, 0.5) is 0 Å². The number of aliphatic hydroxyl groups excluding tert-OH is 1. The smallest absolute Gasteiger partial charge is 0.243 e. The molecule has 0 spiro atoms. The molecule has 1 N–H and O–H groups in total. The summed E-state index contributed by atoms with van der Waals surface area (Å²) in [5.74, 6) is 0. The first-order valence-corrected chi connectivity index (χ1v) is 7.52. The Morgan fingerprint density at radius 1 is 1.22 bits per heavy atom. The van der Waals surface area contributed by atoms with Gasteiger partial charge in [0.05, 0.1) is 11.0 Å². The molecule has 0 aliphatic carbocycles. The average molecular weight is 269 g/mol. The minimum absolute atomic E-state index is 0.203. The first-order valence-electron chi connectivity index (χ1n) is 6.08. The molecular formula is C13H19NO3S. The quantitative estimate of drug-likeness (QED) is 0.882. The van der Waals surface area contributed by atoms with E-state index in [1.54, 1.807) is 0 Å². The number of aryl methyl sites for hydroxylation is 3. The lowest BCUT2D eigenvalue weighted by Crippen LogP contribution is -2.30. The highest BCUT2D eigenvalue weighted by Gasteiger charge is 2.33. The number of aliphatic hydroxyl groups is 1. The van der Waals surface area contributed by atoms with Crippen LogP contribution in [0.15, 0.2) is 17.0 Å². The number of hydrogen-bond donors (Lipinski definition) is 1. The van der Waals surface area contributed by atoms with Gasteiger partial charge in [0.15, 0.2) is 0 Å². The molecule has 5 heteroatoms. The highest BCUT2D eigenvalue weighted by atomic mass is 32.2. The zero-order chi connectivity index (χ0) is 13.5. The van der Waals surface area contributed by atoms with Crippen LogP contribution in [0.2, 0.25) is 0 Å². The van der Waals surface area contributed by atoms with Crippen LogP contribution >= 0.6 is 0 Å². The van der Waals surface area contributed by atoms with E-state index in [4.69, 9.17) is 0 Å². The first-order chi connectivity index (χ1) is 8.32. The van der Waals surface area contributed by atoms with Gasteiger partial charge in [-0.05, 0) is 38.3 Å². The number of β-amino-alcohol motifs (C(OH)–C–C–N with tert-alkyl or cyclic N) is 1. The molecule has 1 aromatic rings. The van der Waals surface area contributed by atoms with Gasteiger partial charge < -0.3 is 5.11 Å². The summed E-state index contributed by atoms with van der Waals surface area (Å²) in [5.41, 5.74) is 2.60. The Morgan fingerprint density at radius 3 is 2.22 bits per heavy atom. The van der Waals surface area contributed by atoms with Gasteiger partial charge in [-0.3, -0.25) is 0 Å². The van der Waals surface area contributed by atoms with Crippen molar-refractivity contribution in [2.24, 2.45) is 0 Å². The van der Waals surface area contributed by atoms with Crippen LogP contribution in [0.1, 0.15) is 23.1 Å². The van der Waals surface area contributed by atoms with E-state index in [0.29, 0.717) is 17.9 Å². The second-order valence-corrected chi connectivity index (χ2v) is 6.91. The zero-order valence-corrected chi connectivity index (χ0v) is 11.8. The van der Waals surface area contributed by atoms with Gasteiger partial charge in [-0.2, -0.15) is 4.31 Å². The fraction of sp³-hybridized carbons (Fsp3) is 0.538. The lowest BCUT2D eigenvalue weighted by molar-refractivity contribution is 0.189. The van der Waals surface area contributed by atoms with Crippen molar-refractivity contribution >= 4 is 10.0 Å². The molecule has 100 valence electrons. The third kappa shape index (κ3) is 2.30. The largest absolute Gasteiger partial charge is 0.392 e. The van der Waals surface area contributed by atoms with Gasteiger partial charge in [-0.1, -0.05) is 17.7 Å². The van der Waals surface area contributed by atoms with Crippen LogP contribution in [0.25, 0.3) is 0 Å². The molecule has 18 heavy (non-hydrogen) atoms. The van der Waals surface area contributed by atoms with Crippen molar-refractivity contribution < 1.29 is 13.5 Å². The van der Waals surface area contributed by atoms with Crippen LogP contribution in [0, 0.1) is 20.8 Å². The minimum atomic E-state index is -3.48. The molecule has 0 saturated carbocycles. The Bertz CT molecular complexity index is 543. The molecule has 1 atom stereocenters. The van der Waals surface area contributed by atoms with Crippen molar-refractivity contribution in [3.05, 3.63) is 28.8 Å². The molecule has 0 amide bonds. The minimum Gasteiger partial charge on any atom is -0.392 e. The van der Waals surface area contributed by atoms with Crippen LogP contribution in [-0.2, 0) is 10.0 Å². The normalized spacial score (nSPS) is 21.4. The summed E-state index contributed by atoms with van der Waals surface area (Å²) in [7, 11) is -3.48.